The summed E-state index contributed by atoms with van der Waals surface area (Å²) in [5.74, 6) is -2.41. The average molecular weight is 604 g/mol. The highest BCUT2D eigenvalue weighted by atomic mass is 32.2. The Morgan fingerprint density at radius 2 is 1.67 bits per heavy atom. The Kier molecular flexibility index (Phi) is 7.00. The van der Waals surface area contributed by atoms with E-state index in [4.69, 9.17) is 13.7 Å². The van der Waals surface area contributed by atoms with Gasteiger partial charge in [0.2, 0.25) is 0 Å². The smallest absolute Gasteiger partial charge is 0.264 e. The number of aliphatic hydroxyl groups excluding tert-OH is 1. The summed E-state index contributed by atoms with van der Waals surface area (Å²) < 4.78 is 41.6. The largest absolute Gasteiger partial charge is 0.507 e. The van der Waals surface area contributed by atoms with E-state index in [2.05, 4.69) is 0 Å². The molecule has 42 heavy (non-hydrogen) atoms. The second kappa shape index (κ2) is 10.1. The molecular formula is C29H33NO11S. The van der Waals surface area contributed by atoms with Crippen molar-refractivity contribution < 1.29 is 52.1 Å². The number of phenols is 2. The SMILES string of the molecule is CC1OC(OC2CC(O)(C(C)O)Cc3c(O)c4c(c(O)c32)C(=O)c2ccccc2C4=O)CC(N2CC2)C1OS(C)(=O)=O. The van der Waals surface area contributed by atoms with Crippen molar-refractivity contribution in [1.29, 1.82) is 0 Å². The lowest BCUT2D eigenvalue weighted by atomic mass is 9.71. The number of aromatic hydroxyl groups is 2. The highest BCUT2D eigenvalue weighted by molar-refractivity contribution is 7.86. The average Bonchev–Trinajstić information content (AvgIpc) is 3.75. The number of fused-ring (bicyclic) bond motifs is 3. The van der Waals surface area contributed by atoms with Gasteiger partial charge >= 0.3 is 0 Å². The zero-order chi connectivity index (χ0) is 30.3. The number of carbonyl (C=O) groups is 2. The van der Waals surface area contributed by atoms with Crippen molar-refractivity contribution in [3.63, 3.8) is 0 Å². The Morgan fingerprint density at radius 3 is 2.21 bits per heavy atom. The lowest BCUT2D eigenvalue weighted by Gasteiger charge is -2.44. The van der Waals surface area contributed by atoms with Crippen LogP contribution in [0.2, 0.25) is 0 Å². The molecule has 2 aromatic rings. The fourth-order valence-electron chi connectivity index (χ4n) is 6.52. The first-order valence-corrected chi connectivity index (χ1v) is 15.6. The van der Waals surface area contributed by atoms with E-state index in [0.29, 0.717) is 0 Å². The van der Waals surface area contributed by atoms with Crippen LogP contribution in [0.15, 0.2) is 24.3 Å². The molecule has 7 unspecified atom stereocenters. The van der Waals surface area contributed by atoms with Crippen LogP contribution in [0, 0.1) is 0 Å². The number of phenolic OH excluding ortho intramolecular Hbond substituents is 2. The molecule has 2 aliphatic carbocycles. The normalized spacial score (nSPS) is 31.7. The first kappa shape index (κ1) is 29.2. The lowest BCUT2D eigenvalue weighted by Crippen LogP contribution is -2.53. The summed E-state index contributed by atoms with van der Waals surface area (Å²) in [5.41, 5.74) is -2.38. The quantitative estimate of drug-likeness (QED) is 0.180. The molecule has 4 aliphatic rings. The van der Waals surface area contributed by atoms with Gasteiger partial charge in [0.15, 0.2) is 17.9 Å². The Balaban J connectivity index is 1.41. The summed E-state index contributed by atoms with van der Waals surface area (Å²) in [6.45, 7) is 4.51. The summed E-state index contributed by atoms with van der Waals surface area (Å²) >= 11 is 0. The third kappa shape index (κ3) is 4.82. The summed E-state index contributed by atoms with van der Waals surface area (Å²) in [4.78, 5) is 29.0. The van der Waals surface area contributed by atoms with Crippen LogP contribution < -0.4 is 0 Å². The van der Waals surface area contributed by atoms with Gasteiger partial charge in [0, 0.05) is 60.6 Å². The van der Waals surface area contributed by atoms with Crippen LogP contribution in [-0.2, 0) is 30.2 Å². The van der Waals surface area contributed by atoms with Crippen molar-refractivity contribution in [2.75, 3.05) is 19.3 Å². The van der Waals surface area contributed by atoms with E-state index in [-0.39, 0.29) is 58.7 Å². The van der Waals surface area contributed by atoms with Crippen LogP contribution in [0.25, 0.3) is 0 Å². The van der Waals surface area contributed by atoms with E-state index >= 15 is 0 Å². The Morgan fingerprint density at radius 1 is 1.07 bits per heavy atom. The molecule has 6 rings (SSSR count). The Bertz CT molecular complexity index is 1580. The van der Waals surface area contributed by atoms with Gasteiger partial charge in [-0.25, -0.2) is 0 Å². The number of nitrogens with zero attached hydrogens (tertiary/aromatic N) is 1. The standard InChI is InChI=1S/C29H33NO11S/c1-13-28(41-42(3,37)38)18(30-8-9-30)10-20(39-13)40-19-12-29(36,14(2)31)11-17-21(19)27(35)23-22(26(17)34)24(32)15-6-4-5-7-16(15)25(23)33/h4-7,13-14,18-20,28,31,34-36H,8-12H2,1-3H3. The molecule has 0 radical (unpaired) electrons. The van der Waals surface area contributed by atoms with Crippen molar-refractivity contribution in [1.82, 2.24) is 4.90 Å². The molecule has 4 N–H and O–H groups in total. The molecule has 226 valence electrons. The van der Waals surface area contributed by atoms with E-state index in [1.807, 2.05) is 4.90 Å². The second-order valence-corrected chi connectivity index (χ2v) is 13.3. The molecule has 2 heterocycles. The minimum atomic E-state index is -3.78. The maximum absolute atomic E-state index is 13.5. The van der Waals surface area contributed by atoms with Crippen molar-refractivity contribution >= 4 is 21.7 Å². The zero-order valence-electron chi connectivity index (χ0n) is 23.3. The number of aliphatic hydroxyl groups is 2. The van der Waals surface area contributed by atoms with Gasteiger partial charge in [0.05, 0.1) is 41.3 Å². The van der Waals surface area contributed by atoms with Crippen LogP contribution in [-0.4, -0.2) is 101 Å². The molecule has 2 saturated heterocycles. The molecule has 7 atom stereocenters. The summed E-state index contributed by atoms with van der Waals surface area (Å²) in [6.07, 6.45) is -4.33. The minimum absolute atomic E-state index is 0.0175. The highest BCUT2D eigenvalue weighted by Gasteiger charge is 2.50. The zero-order valence-corrected chi connectivity index (χ0v) is 24.1. The molecule has 0 aromatic heterocycles. The predicted octanol–water partition coefficient (Wildman–Crippen LogP) is 1.15. The number of carbonyl (C=O) groups excluding carboxylic acids is 2. The molecule has 0 bridgehead atoms. The van der Waals surface area contributed by atoms with Crippen LogP contribution in [0.1, 0.15) is 75.8 Å². The number of benzene rings is 2. The van der Waals surface area contributed by atoms with Crippen molar-refractivity contribution in [3.05, 3.63) is 57.6 Å². The maximum Gasteiger partial charge on any atom is 0.264 e. The second-order valence-electron chi connectivity index (χ2n) is 11.7. The number of hydrogen-bond acceptors (Lipinski definition) is 12. The van der Waals surface area contributed by atoms with E-state index in [0.717, 1.165) is 19.3 Å². The van der Waals surface area contributed by atoms with Crippen molar-refractivity contribution in [2.24, 2.45) is 0 Å². The Hall–Kier alpha value is -2.91. The minimum Gasteiger partial charge on any atom is -0.507 e. The van der Waals surface area contributed by atoms with Gasteiger partial charge in [-0.05, 0) is 13.8 Å². The molecule has 0 saturated carbocycles. The number of rotatable bonds is 6. The molecule has 13 heteroatoms. The molecular weight excluding hydrogens is 570 g/mol. The summed E-state index contributed by atoms with van der Waals surface area (Å²) in [6, 6.07) is 5.74. The fraction of sp³-hybridized carbons (Fsp3) is 0.517. The van der Waals surface area contributed by atoms with Gasteiger partial charge in [-0.15, -0.1) is 0 Å². The van der Waals surface area contributed by atoms with Crippen LogP contribution in [0.4, 0.5) is 0 Å². The van der Waals surface area contributed by atoms with Gasteiger partial charge in [0.25, 0.3) is 10.1 Å². The van der Waals surface area contributed by atoms with Gasteiger partial charge < -0.3 is 29.9 Å². The van der Waals surface area contributed by atoms with Gasteiger partial charge in [-0.1, -0.05) is 24.3 Å². The van der Waals surface area contributed by atoms with Crippen molar-refractivity contribution in [2.45, 2.75) is 75.5 Å². The molecule has 2 aliphatic heterocycles. The molecule has 2 aromatic carbocycles. The van der Waals surface area contributed by atoms with Gasteiger partial charge in [-0.2, -0.15) is 8.42 Å². The number of ether oxygens (including phenoxy) is 2. The summed E-state index contributed by atoms with van der Waals surface area (Å²) in [5, 5.41) is 45.0. The maximum atomic E-state index is 13.5. The van der Waals surface area contributed by atoms with Gasteiger partial charge in [-0.3, -0.25) is 18.7 Å². The number of hydrogen-bond donors (Lipinski definition) is 4. The van der Waals surface area contributed by atoms with Crippen molar-refractivity contribution in [3.8, 4) is 11.5 Å². The van der Waals surface area contributed by atoms with Crippen LogP contribution in [0.5, 0.6) is 11.5 Å². The first-order chi connectivity index (χ1) is 19.7. The highest BCUT2D eigenvalue weighted by Crippen LogP contribution is 2.52. The topological polar surface area (TPSA) is 180 Å². The fourth-order valence-corrected chi connectivity index (χ4v) is 7.21. The van der Waals surface area contributed by atoms with E-state index in [1.54, 1.807) is 19.1 Å². The lowest BCUT2D eigenvalue weighted by molar-refractivity contribution is -0.253. The predicted molar refractivity (Wildman–Crippen MR) is 146 cm³/mol. The molecule has 12 nitrogen and oxygen atoms in total. The third-order valence-corrected chi connectivity index (χ3v) is 9.35. The third-order valence-electron chi connectivity index (χ3n) is 8.78. The van der Waals surface area contributed by atoms with Crippen LogP contribution in [0.3, 0.4) is 0 Å². The van der Waals surface area contributed by atoms with E-state index in [1.165, 1.54) is 19.1 Å². The van der Waals surface area contributed by atoms with E-state index < -0.39 is 69.5 Å². The monoisotopic (exact) mass is 603 g/mol. The van der Waals surface area contributed by atoms with Crippen LogP contribution >= 0.6 is 0 Å². The van der Waals surface area contributed by atoms with E-state index in [9.17, 15) is 38.4 Å². The molecule has 0 spiro atoms. The molecule has 0 amide bonds. The number of ketones is 2. The first-order valence-electron chi connectivity index (χ1n) is 13.8. The van der Waals surface area contributed by atoms with Gasteiger partial charge in [0.1, 0.15) is 17.6 Å². The Labute approximate surface area is 242 Å². The summed E-state index contributed by atoms with van der Waals surface area (Å²) in [7, 11) is -3.78. The molecule has 2 fully saturated rings.